The first-order chi connectivity index (χ1) is 9.15. The molecule has 1 aromatic carbocycles. The number of hydrogen-bond donors (Lipinski definition) is 2. The zero-order valence-electron chi connectivity index (χ0n) is 11.2. The van der Waals surface area contributed by atoms with Gasteiger partial charge in [0.1, 0.15) is 11.9 Å². The highest BCUT2D eigenvalue weighted by molar-refractivity contribution is 5.47. The van der Waals surface area contributed by atoms with Gasteiger partial charge in [-0.3, -0.25) is 0 Å². The fraction of sp³-hybridized carbons (Fsp3) is 0.267. The van der Waals surface area contributed by atoms with Crippen molar-refractivity contribution >= 4 is 5.82 Å². The first-order valence-corrected chi connectivity index (χ1v) is 6.19. The van der Waals surface area contributed by atoms with Gasteiger partial charge in [-0.15, -0.1) is 0 Å². The summed E-state index contributed by atoms with van der Waals surface area (Å²) in [6.45, 7) is 1.98. The van der Waals surface area contributed by atoms with Crippen LogP contribution < -0.4 is 11.5 Å². The Kier molecular flexibility index (Phi) is 4.14. The molecular weight excluding hydrogens is 238 g/mol. The van der Waals surface area contributed by atoms with E-state index < -0.39 is 0 Å². The number of aryl methyl sites for hydroxylation is 1. The minimum absolute atomic E-state index is 0.244. The van der Waals surface area contributed by atoms with Crippen LogP contribution in [0.2, 0.25) is 0 Å². The van der Waals surface area contributed by atoms with E-state index in [4.69, 9.17) is 16.2 Å². The van der Waals surface area contributed by atoms with Crippen molar-refractivity contribution in [3.8, 4) is 0 Å². The van der Waals surface area contributed by atoms with E-state index in [0.717, 1.165) is 16.7 Å². The normalized spacial score (nSPS) is 14.1. The SMILES string of the molecule is COC(c1ccccc1)C(N)c1c(C)ccnc1N. The predicted molar refractivity (Wildman–Crippen MR) is 76.5 cm³/mol. The lowest BCUT2D eigenvalue weighted by molar-refractivity contribution is 0.0801. The summed E-state index contributed by atoms with van der Waals surface area (Å²) in [5.74, 6) is 0.463. The number of methoxy groups -OCH3 is 1. The first kappa shape index (κ1) is 13.5. The molecule has 1 aromatic heterocycles. The van der Waals surface area contributed by atoms with Crippen LogP contribution in [-0.2, 0) is 4.74 Å². The molecule has 1 heterocycles. The van der Waals surface area contributed by atoms with Crippen LogP contribution in [0.25, 0.3) is 0 Å². The molecule has 4 nitrogen and oxygen atoms in total. The van der Waals surface area contributed by atoms with Gasteiger partial charge in [0, 0.05) is 18.9 Å². The van der Waals surface area contributed by atoms with Crippen LogP contribution in [0.5, 0.6) is 0 Å². The minimum atomic E-state index is -0.346. The van der Waals surface area contributed by atoms with E-state index in [9.17, 15) is 0 Å². The lowest BCUT2D eigenvalue weighted by Crippen LogP contribution is -2.23. The van der Waals surface area contributed by atoms with E-state index in [1.165, 1.54) is 0 Å². The monoisotopic (exact) mass is 257 g/mol. The topological polar surface area (TPSA) is 74.2 Å². The van der Waals surface area contributed by atoms with Crippen LogP contribution >= 0.6 is 0 Å². The second-order valence-electron chi connectivity index (χ2n) is 4.52. The molecule has 0 bridgehead atoms. The van der Waals surface area contributed by atoms with E-state index in [1.54, 1.807) is 13.3 Å². The average molecular weight is 257 g/mol. The van der Waals surface area contributed by atoms with Gasteiger partial charge in [0.05, 0.1) is 6.04 Å². The van der Waals surface area contributed by atoms with Crippen molar-refractivity contribution in [2.75, 3.05) is 12.8 Å². The quantitative estimate of drug-likeness (QED) is 0.881. The van der Waals surface area contributed by atoms with Crippen LogP contribution in [0.15, 0.2) is 42.6 Å². The van der Waals surface area contributed by atoms with Crippen molar-refractivity contribution < 1.29 is 4.74 Å². The highest BCUT2D eigenvalue weighted by Gasteiger charge is 2.24. The van der Waals surface area contributed by atoms with Gasteiger partial charge in [0.15, 0.2) is 0 Å². The Morgan fingerprint density at radius 3 is 2.42 bits per heavy atom. The van der Waals surface area contributed by atoms with E-state index in [1.807, 2.05) is 43.3 Å². The Morgan fingerprint density at radius 1 is 1.16 bits per heavy atom. The largest absolute Gasteiger partial charge is 0.383 e. The van der Waals surface area contributed by atoms with E-state index in [-0.39, 0.29) is 12.1 Å². The van der Waals surface area contributed by atoms with E-state index in [0.29, 0.717) is 5.82 Å². The van der Waals surface area contributed by atoms with Crippen molar-refractivity contribution in [3.63, 3.8) is 0 Å². The molecule has 0 radical (unpaired) electrons. The smallest absolute Gasteiger partial charge is 0.128 e. The molecule has 100 valence electrons. The van der Waals surface area contributed by atoms with Crippen molar-refractivity contribution in [1.29, 1.82) is 0 Å². The zero-order chi connectivity index (χ0) is 13.8. The molecule has 0 aliphatic carbocycles. The third kappa shape index (κ3) is 2.75. The Morgan fingerprint density at radius 2 is 1.84 bits per heavy atom. The first-order valence-electron chi connectivity index (χ1n) is 6.19. The molecule has 0 saturated heterocycles. The van der Waals surface area contributed by atoms with Gasteiger partial charge < -0.3 is 16.2 Å². The molecule has 0 saturated carbocycles. The van der Waals surface area contributed by atoms with Gasteiger partial charge in [-0.2, -0.15) is 0 Å². The van der Waals surface area contributed by atoms with Crippen LogP contribution in [0, 0.1) is 6.92 Å². The molecule has 0 aliphatic rings. The third-order valence-electron chi connectivity index (χ3n) is 3.28. The highest BCUT2D eigenvalue weighted by Crippen LogP contribution is 2.33. The summed E-state index contributed by atoms with van der Waals surface area (Å²) in [6.07, 6.45) is 1.44. The number of aromatic nitrogens is 1. The maximum atomic E-state index is 6.34. The molecule has 2 aromatic rings. The predicted octanol–water partition coefficient (Wildman–Crippen LogP) is 2.36. The summed E-state index contributed by atoms with van der Waals surface area (Å²) in [4.78, 5) is 4.11. The van der Waals surface area contributed by atoms with Gasteiger partial charge >= 0.3 is 0 Å². The number of hydrogen-bond acceptors (Lipinski definition) is 4. The van der Waals surface area contributed by atoms with Gasteiger partial charge in [-0.05, 0) is 24.1 Å². The summed E-state index contributed by atoms with van der Waals surface area (Å²) in [7, 11) is 1.65. The minimum Gasteiger partial charge on any atom is -0.383 e. The van der Waals surface area contributed by atoms with E-state index >= 15 is 0 Å². The van der Waals surface area contributed by atoms with Gasteiger partial charge in [-0.25, -0.2) is 4.98 Å². The number of nitrogen functional groups attached to an aromatic ring is 1. The second kappa shape index (κ2) is 5.82. The fourth-order valence-electron chi connectivity index (χ4n) is 2.31. The lowest BCUT2D eigenvalue weighted by atomic mass is 9.94. The van der Waals surface area contributed by atoms with Crippen LogP contribution in [0.3, 0.4) is 0 Å². The summed E-state index contributed by atoms with van der Waals surface area (Å²) >= 11 is 0. The van der Waals surface area contributed by atoms with Gasteiger partial charge in [0.25, 0.3) is 0 Å². The van der Waals surface area contributed by atoms with E-state index in [2.05, 4.69) is 4.98 Å². The zero-order valence-corrected chi connectivity index (χ0v) is 11.2. The van der Waals surface area contributed by atoms with Crippen LogP contribution in [-0.4, -0.2) is 12.1 Å². The fourth-order valence-corrected chi connectivity index (χ4v) is 2.31. The molecule has 0 aliphatic heterocycles. The Labute approximate surface area is 113 Å². The Balaban J connectivity index is 2.39. The Hall–Kier alpha value is -1.91. The molecular formula is C15H19N3O. The third-order valence-corrected chi connectivity index (χ3v) is 3.28. The van der Waals surface area contributed by atoms with Crippen LogP contribution in [0.1, 0.15) is 28.8 Å². The number of rotatable bonds is 4. The number of anilines is 1. The van der Waals surface area contributed by atoms with Crippen molar-refractivity contribution in [3.05, 3.63) is 59.3 Å². The number of nitrogens with two attached hydrogens (primary N) is 2. The summed E-state index contributed by atoms with van der Waals surface area (Å²) in [5.41, 5.74) is 15.2. The molecule has 2 unspecified atom stereocenters. The molecule has 0 spiro atoms. The highest BCUT2D eigenvalue weighted by atomic mass is 16.5. The molecule has 2 rings (SSSR count). The van der Waals surface area contributed by atoms with Crippen molar-refractivity contribution in [2.24, 2.45) is 5.73 Å². The summed E-state index contributed by atoms with van der Waals surface area (Å²) < 4.78 is 5.55. The molecule has 4 N–H and O–H groups in total. The Bertz CT molecular complexity index is 522. The van der Waals surface area contributed by atoms with Gasteiger partial charge in [-0.1, -0.05) is 30.3 Å². The molecule has 4 heteroatoms. The number of benzene rings is 1. The number of pyridine rings is 1. The summed E-state index contributed by atoms with van der Waals surface area (Å²) in [5, 5.41) is 0. The maximum Gasteiger partial charge on any atom is 0.128 e. The standard InChI is InChI=1S/C15H19N3O/c1-10-8-9-18-15(17)12(10)13(16)14(19-2)11-6-4-3-5-7-11/h3-9,13-14H,16H2,1-2H3,(H2,17,18). The average Bonchev–Trinajstić information content (AvgIpc) is 2.40. The van der Waals surface area contributed by atoms with Crippen molar-refractivity contribution in [2.45, 2.75) is 19.1 Å². The molecule has 0 fully saturated rings. The second-order valence-corrected chi connectivity index (χ2v) is 4.52. The van der Waals surface area contributed by atoms with Crippen molar-refractivity contribution in [1.82, 2.24) is 4.98 Å². The lowest BCUT2D eigenvalue weighted by Gasteiger charge is -2.25. The van der Waals surface area contributed by atoms with Crippen LogP contribution in [0.4, 0.5) is 5.82 Å². The maximum absolute atomic E-state index is 6.34. The summed E-state index contributed by atoms with van der Waals surface area (Å²) in [6, 6.07) is 11.4. The number of ether oxygens (including phenoxy) is 1. The van der Waals surface area contributed by atoms with Gasteiger partial charge in [0.2, 0.25) is 0 Å². The molecule has 19 heavy (non-hydrogen) atoms. The molecule has 0 amide bonds. The molecule has 2 atom stereocenters. The number of nitrogens with zero attached hydrogens (tertiary/aromatic N) is 1.